The molecule has 2 heteroatoms. The van der Waals surface area contributed by atoms with Crippen molar-refractivity contribution in [2.24, 2.45) is 0 Å². The van der Waals surface area contributed by atoms with Crippen LogP contribution in [0, 0.1) is 27.7 Å². The molecule has 60 heavy (non-hydrogen) atoms. The van der Waals surface area contributed by atoms with Crippen LogP contribution in [0.25, 0.3) is 143 Å². The molecule has 0 atom stereocenters. The number of furan rings is 2. The van der Waals surface area contributed by atoms with E-state index in [9.17, 15) is 0 Å². The summed E-state index contributed by atoms with van der Waals surface area (Å²) in [5.74, 6) is 1.93. The van der Waals surface area contributed by atoms with Crippen LogP contribution in [-0.4, -0.2) is 0 Å². The van der Waals surface area contributed by atoms with Gasteiger partial charge in [-0.05, 0) is 184 Å². The lowest BCUT2D eigenvalue weighted by molar-refractivity contribution is 0.574. The highest BCUT2D eigenvalue weighted by molar-refractivity contribution is 6.31. The van der Waals surface area contributed by atoms with E-state index in [2.05, 4.69) is 173 Å². The Morgan fingerprint density at radius 2 is 0.633 bits per heavy atom. The Labute approximate surface area is 345 Å². The normalized spacial score (nSPS) is 12.7. The summed E-state index contributed by atoms with van der Waals surface area (Å²) >= 11 is 0. The molecule has 2 heterocycles. The average molecular weight is 765 g/mol. The van der Waals surface area contributed by atoms with Crippen LogP contribution in [0.15, 0.2) is 154 Å². The molecular formula is C58H36O2. The second kappa shape index (κ2) is 11.2. The van der Waals surface area contributed by atoms with Gasteiger partial charge in [0.25, 0.3) is 0 Å². The van der Waals surface area contributed by atoms with Gasteiger partial charge in [0.2, 0.25) is 0 Å². The van der Waals surface area contributed by atoms with Crippen molar-refractivity contribution >= 4 is 75.8 Å². The van der Waals surface area contributed by atoms with E-state index in [1.165, 1.54) is 143 Å². The molecule has 0 radical (unpaired) electrons. The number of aryl methyl sites for hydroxylation is 4. The van der Waals surface area contributed by atoms with Gasteiger partial charge in [-0.25, -0.2) is 0 Å². The zero-order chi connectivity index (χ0) is 39.7. The summed E-state index contributed by atoms with van der Waals surface area (Å²) in [5.41, 5.74) is 19.7. The summed E-state index contributed by atoms with van der Waals surface area (Å²) in [4.78, 5) is 0. The third kappa shape index (κ3) is 3.90. The Morgan fingerprint density at radius 1 is 0.283 bits per heavy atom. The first kappa shape index (κ1) is 32.5. The van der Waals surface area contributed by atoms with Gasteiger partial charge < -0.3 is 8.83 Å². The number of rotatable bonds is 2. The minimum absolute atomic E-state index is 0.934. The van der Waals surface area contributed by atoms with Crippen molar-refractivity contribution < 1.29 is 8.83 Å². The Hall–Kier alpha value is -7.42. The molecule has 0 unspecified atom stereocenters. The third-order valence-electron chi connectivity index (χ3n) is 14.3. The Balaban J connectivity index is 1.16. The molecule has 0 aliphatic heterocycles. The maximum absolute atomic E-state index is 6.39. The molecular weight excluding hydrogens is 729 g/mol. The zero-order valence-electron chi connectivity index (χ0n) is 33.7. The van der Waals surface area contributed by atoms with Gasteiger partial charge in [0.15, 0.2) is 0 Å². The number of benzene rings is 10. The van der Waals surface area contributed by atoms with Crippen LogP contribution in [0.4, 0.5) is 0 Å². The SMILES string of the molecule is Cc1oc2cccc(-c3c4c(cc5c3ccc3c6cc7c(c(-c8cccc9oc(C)c(C)c89)c6ccc53)-c3cccc5cccc-7c35)-c3cccc5cccc-4c35)c2c1C. The highest BCUT2D eigenvalue weighted by Gasteiger charge is 2.31. The molecule has 0 fully saturated rings. The number of fused-ring (bicyclic) bond motifs is 13. The summed E-state index contributed by atoms with van der Waals surface area (Å²) in [6.07, 6.45) is 0. The van der Waals surface area contributed by atoms with Crippen LogP contribution in [0.2, 0.25) is 0 Å². The third-order valence-corrected chi connectivity index (χ3v) is 14.3. The van der Waals surface area contributed by atoms with Crippen LogP contribution < -0.4 is 0 Å². The monoisotopic (exact) mass is 764 g/mol. The molecule has 12 aromatic rings. The largest absolute Gasteiger partial charge is 0.461 e. The van der Waals surface area contributed by atoms with Crippen LogP contribution in [0.1, 0.15) is 22.6 Å². The molecule has 2 nitrogen and oxygen atoms in total. The fourth-order valence-corrected chi connectivity index (χ4v) is 11.5. The van der Waals surface area contributed by atoms with E-state index in [0.717, 1.165) is 22.7 Å². The number of hydrogen-bond donors (Lipinski definition) is 0. The number of hydrogen-bond acceptors (Lipinski definition) is 2. The highest BCUT2D eigenvalue weighted by atomic mass is 16.3. The smallest absolute Gasteiger partial charge is 0.135 e. The van der Waals surface area contributed by atoms with Gasteiger partial charge in [-0.2, -0.15) is 0 Å². The summed E-state index contributed by atoms with van der Waals surface area (Å²) in [6.45, 7) is 8.58. The van der Waals surface area contributed by atoms with E-state index in [1.54, 1.807) is 0 Å². The fourth-order valence-electron chi connectivity index (χ4n) is 11.5. The molecule has 0 saturated carbocycles. The molecule has 0 saturated heterocycles. The van der Waals surface area contributed by atoms with Crippen molar-refractivity contribution in [2.45, 2.75) is 27.7 Å². The lowest BCUT2D eigenvalue weighted by atomic mass is 9.82. The first-order chi connectivity index (χ1) is 29.4. The zero-order valence-corrected chi connectivity index (χ0v) is 33.7. The lowest BCUT2D eigenvalue weighted by Crippen LogP contribution is -1.93. The minimum Gasteiger partial charge on any atom is -0.461 e. The Bertz CT molecular complexity index is 3710. The van der Waals surface area contributed by atoms with Crippen LogP contribution >= 0.6 is 0 Å². The average Bonchev–Trinajstić information content (AvgIpc) is 3.97. The van der Waals surface area contributed by atoms with Crippen molar-refractivity contribution in [1.29, 1.82) is 0 Å². The molecule has 0 bridgehead atoms. The van der Waals surface area contributed by atoms with Crippen molar-refractivity contribution in [3.63, 3.8) is 0 Å². The Kier molecular flexibility index (Phi) is 6.07. The fraction of sp³-hybridized carbons (Fsp3) is 0.0690. The van der Waals surface area contributed by atoms with E-state index in [-0.39, 0.29) is 0 Å². The van der Waals surface area contributed by atoms with E-state index in [0.29, 0.717) is 0 Å². The van der Waals surface area contributed by atoms with Crippen molar-refractivity contribution in [3.8, 4) is 66.8 Å². The van der Waals surface area contributed by atoms with E-state index in [4.69, 9.17) is 8.83 Å². The van der Waals surface area contributed by atoms with Crippen molar-refractivity contribution in [1.82, 2.24) is 0 Å². The van der Waals surface area contributed by atoms with Crippen molar-refractivity contribution in [3.05, 3.63) is 168 Å². The van der Waals surface area contributed by atoms with Gasteiger partial charge >= 0.3 is 0 Å². The van der Waals surface area contributed by atoms with Gasteiger partial charge in [0, 0.05) is 10.8 Å². The van der Waals surface area contributed by atoms with Gasteiger partial charge in [0.1, 0.15) is 22.7 Å². The van der Waals surface area contributed by atoms with Gasteiger partial charge in [-0.3, -0.25) is 0 Å². The van der Waals surface area contributed by atoms with E-state index < -0.39 is 0 Å². The van der Waals surface area contributed by atoms with Crippen LogP contribution in [-0.2, 0) is 0 Å². The summed E-state index contributed by atoms with van der Waals surface area (Å²) in [6, 6.07) is 54.9. The predicted molar refractivity (Wildman–Crippen MR) is 252 cm³/mol. The van der Waals surface area contributed by atoms with E-state index >= 15 is 0 Å². The molecule has 280 valence electrons. The van der Waals surface area contributed by atoms with Gasteiger partial charge in [-0.1, -0.05) is 121 Å². The summed E-state index contributed by atoms with van der Waals surface area (Å²) < 4.78 is 12.8. The Morgan fingerprint density at radius 3 is 1.05 bits per heavy atom. The molecule has 0 spiro atoms. The maximum atomic E-state index is 6.39. The highest BCUT2D eigenvalue weighted by Crippen LogP contribution is 2.58. The summed E-state index contributed by atoms with van der Waals surface area (Å²) in [5, 5.41) is 15.2. The van der Waals surface area contributed by atoms with Crippen molar-refractivity contribution in [2.75, 3.05) is 0 Å². The van der Waals surface area contributed by atoms with Gasteiger partial charge in [0.05, 0.1) is 0 Å². The second-order valence-corrected chi connectivity index (χ2v) is 17.1. The molecule has 10 aromatic carbocycles. The summed E-state index contributed by atoms with van der Waals surface area (Å²) in [7, 11) is 0. The molecule has 2 aromatic heterocycles. The first-order valence-corrected chi connectivity index (χ1v) is 21.0. The van der Waals surface area contributed by atoms with Gasteiger partial charge in [-0.15, -0.1) is 0 Å². The maximum Gasteiger partial charge on any atom is 0.135 e. The molecule has 14 rings (SSSR count). The second-order valence-electron chi connectivity index (χ2n) is 17.1. The minimum atomic E-state index is 0.934. The molecule has 0 N–H and O–H groups in total. The molecule has 2 aliphatic rings. The topological polar surface area (TPSA) is 26.3 Å². The predicted octanol–water partition coefficient (Wildman–Crippen LogP) is 16.8. The molecule has 2 aliphatic carbocycles. The first-order valence-electron chi connectivity index (χ1n) is 21.0. The lowest BCUT2D eigenvalue weighted by Gasteiger charge is -2.20. The standard InChI is InChI=1S/C58H36O2/c1-29-31(3)59-49-21-9-19-41(51(29)49)55-39-25-23-36-35(45(39)27-47-37-15-5-11-33-13-7-17-43(53(33)37)57(47)55)24-26-40-46(36)28-48-38-16-6-12-34-14-8-18-44(54(34)38)58(48)56(40)42-20-10-22-50-52(42)30(2)32(4)60-50/h5-28H,1-4H3. The molecule has 0 amide bonds. The van der Waals surface area contributed by atoms with E-state index in [1.807, 2.05) is 0 Å². The quantitative estimate of drug-likeness (QED) is 0.164. The van der Waals surface area contributed by atoms with Crippen LogP contribution in [0.5, 0.6) is 0 Å². The van der Waals surface area contributed by atoms with Crippen LogP contribution in [0.3, 0.4) is 0 Å².